The van der Waals surface area contributed by atoms with Crippen molar-refractivity contribution in [2.24, 2.45) is 4.99 Å². The van der Waals surface area contributed by atoms with Crippen molar-refractivity contribution >= 4 is 46.2 Å². The molecular weight excluding hydrogens is 825 g/mol. The van der Waals surface area contributed by atoms with Crippen molar-refractivity contribution in [3.8, 4) is 28.3 Å². The van der Waals surface area contributed by atoms with Gasteiger partial charge in [-0.3, -0.25) is 14.6 Å². The molecule has 4 amide bonds. The third kappa shape index (κ3) is 7.87. The molecule has 4 aliphatic rings. The minimum absolute atomic E-state index is 0.180. The molecule has 65 heavy (non-hydrogen) atoms. The third-order valence-electron chi connectivity index (χ3n) is 13.0. The second kappa shape index (κ2) is 17.5. The Labute approximate surface area is 375 Å². The van der Waals surface area contributed by atoms with Gasteiger partial charge in [-0.15, -0.1) is 0 Å². The molecule has 0 spiro atoms. The average Bonchev–Trinajstić information content (AvgIpc) is 4.21. The second-order valence-electron chi connectivity index (χ2n) is 16.7. The van der Waals surface area contributed by atoms with Crippen molar-refractivity contribution in [2.45, 2.75) is 63.0 Å². The van der Waals surface area contributed by atoms with Crippen LogP contribution in [-0.4, -0.2) is 87.4 Å². The van der Waals surface area contributed by atoms with Gasteiger partial charge in [0.05, 0.1) is 49.4 Å². The van der Waals surface area contributed by atoms with E-state index >= 15 is 0 Å². The maximum atomic E-state index is 14.0. The number of likely N-dealkylation sites (tertiary alicyclic amines) is 2. The van der Waals surface area contributed by atoms with Gasteiger partial charge in [0.25, 0.3) is 5.91 Å². The van der Waals surface area contributed by atoms with Gasteiger partial charge in [-0.25, -0.2) is 14.6 Å². The molecule has 2 aromatic heterocycles. The molecule has 0 bridgehead atoms. The van der Waals surface area contributed by atoms with E-state index in [-0.39, 0.29) is 23.9 Å². The molecule has 4 aromatic carbocycles. The molecule has 6 heterocycles. The Hall–Kier alpha value is -7.68. The van der Waals surface area contributed by atoms with Crippen LogP contribution >= 0.6 is 0 Å². The van der Waals surface area contributed by atoms with Crippen LogP contribution in [0.25, 0.3) is 39.0 Å². The molecule has 0 saturated carbocycles. The summed E-state index contributed by atoms with van der Waals surface area (Å²) in [5, 5.41) is 6.52. The SMILES string of the molecule is COC(=O)N[C@@H](C(=O)N1CCC[C@H]1C1=NC=C(c2ccc3c(c2)OCn2c-3cc3cc(-c4cnc([C@@H]5CCCN5C(=O)[C@H](NC(=O)OC)c5ccccc5)[nH]4)ccc32)C1)c1ccccc1. The van der Waals surface area contributed by atoms with Crippen LogP contribution in [0.2, 0.25) is 0 Å². The minimum atomic E-state index is -0.893. The average molecular weight is 873 g/mol. The number of allylic oxidation sites excluding steroid dienone is 1. The van der Waals surface area contributed by atoms with Crippen LogP contribution in [0, 0.1) is 0 Å². The number of aromatic amines is 1. The predicted octanol–water partition coefficient (Wildman–Crippen LogP) is 8.08. The first kappa shape index (κ1) is 41.3. The number of imidazole rings is 1. The summed E-state index contributed by atoms with van der Waals surface area (Å²) in [6, 6.07) is 30.9. The Balaban J connectivity index is 0.836. The van der Waals surface area contributed by atoms with Crippen molar-refractivity contribution in [3.05, 3.63) is 138 Å². The second-order valence-corrected chi connectivity index (χ2v) is 16.7. The highest BCUT2D eigenvalue weighted by atomic mass is 16.5. The molecule has 15 nitrogen and oxygen atoms in total. The zero-order valence-corrected chi connectivity index (χ0v) is 36.0. The summed E-state index contributed by atoms with van der Waals surface area (Å²) in [7, 11) is 2.57. The summed E-state index contributed by atoms with van der Waals surface area (Å²) in [4.78, 5) is 69.4. The number of nitrogens with one attached hydrogen (secondary N) is 3. The summed E-state index contributed by atoms with van der Waals surface area (Å²) in [6.45, 7) is 1.47. The van der Waals surface area contributed by atoms with E-state index in [0.717, 1.165) is 81.7 Å². The summed E-state index contributed by atoms with van der Waals surface area (Å²) >= 11 is 0. The first-order valence-electron chi connectivity index (χ1n) is 21.9. The Morgan fingerprint density at radius 3 is 2.05 bits per heavy atom. The minimum Gasteiger partial charge on any atom is -0.472 e. The highest BCUT2D eigenvalue weighted by molar-refractivity contribution is 6.04. The lowest BCUT2D eigenvalue weighted by Gasteiger charge is -2.29. The molecule has 0 aliphatic carbocycles. The zero-order chi connectivity index (χ0) is 44.6. The number of methoxy groups -OCH3 is 2. The number of amides is 4. The summed E-state index contributed by atoms with van der Waals surface area (Å²) in [5.41, 5.74) is 9.22. The highest BCUT2D eigenvalue weighted by Gasteiger charge is 2.39. The van der Waals surface area contributed by atoms with Crippen LogP contribution < -0.4 is 15.4 Å². The third-order valence-corrected chi connectivity index (χ3v) is 13.0. The maximum Gasteiger partial charge on any atom is 0.407 e. The number of hydrogen-bond donors (Lipinski definition) is 3. The van der Waals surface area contributed by atoms with Gasteiger partial charge in [-0.1, -0.05) is 72.8 Å². The molecule has 3 N–H and O–H groups in total. The number of fused-ring (bicyclic) bond motifs is 5. The van der Waals surface area contributed by atoms with Crippen LogP contribution in [-0.2, 0) is 25.8 Å². The Bertz CT molecular complexity index is 2870. The number of H-pyrrole nitrogens is 1. The van der Waals surface area contributed by atoms with E-state index < -0.39 is 24.3 Å². The first-order chi connectivity index (χ1) is 31.8. The fourth-order valence-electron chi connectivity index (χ4n) is 9.71. The largest absolute Gasteiger partial charge is 0.472 e. The number of carbonyl (C=O) groups excluding carboxylic acids is 4. The van der Waals surface area contributed by atoms with Gasteiger partial charge in [0, 0.05) is 47.9 Å². The summed E-state index contributed by atoms with van der Waals surface area (Å²) in [6.07, 6.45) is 6.15. The number of alkyl carbamates (subject to hydrolysis) is 2. The van der Waals surface area contributed by atoms with Crippen molar-refractivity contribution in [1.29, 1.82) is 0 Å². The Morgan fingerprint density at radius 1 is 0.754 bits per heavy atom. The van der Waals surface area contributed by atoms with Gasteiger partial charge in [0.1, 0.15) is 23.7 Å². The normalized spacial score (nSPS) is 18.5. The van der Waals surface area contributed by atoms with Crippen LogP contribution in [0.15, 0.2) is 121 Å². The van der Waals surface area contributed by atoms with Gasteiger partial charge in [-0.05, 0) is 78.3 Å². The van der Waals surface area contributed by atoms with Crippen LogP contribution in [0.5, 0.6) is 5.75 Å². The lowest BCUT2D eigenvalue weighted by atomic mass is 9.96. The Morgan fingerprint density at radius 2 is 1.38 bits per heavy atom. The van der Waals surface area contributed by atoms with E-state index in [0.29, 0.717) is 43.2 Å². The molecule has 6 aromatic rings. The smallest absolute Gasteiger partial charge is 0.407 e. The monoisotopic (exact) mass is 872 g/mol. The molecule has 0 radical (unpaired) electrons. The molecule has 2 saturated heterocycles. The molecule has 10 rings (SSSR count). The molecule has 330 valence electrons. The van der Waals surface area contributed by atoms with E-state index in [1.807, 2.05) is 78.0 Å². The fourth-order valence-corrected chi connectivity index (χ4v) is 9.71. The summed E-state index contributed by atoms with van der Waals surface area (Å²) in [5.74, 6) is 1.08. The van der Waals surface area contributed by atoms with E-state index in [1.54, 1.807) is 4.90 Å². The lowest BCUT2D eigenvalue weighted by Crippen LogP contribution is -2.47. The van der Waals surface area contributed by atoms with Gasteiger partial charge in [-0.2, -0.15) is 0 Å². The number of nitrogens with zero attached hydrogens (tertiary/aromatic N) is 5. The van der Waals surface area contributed by atoms with Crippen molar-refractivity contribution in [2.75, 3.05) is 27.3 Å². The van der Waals surface area contributed by atoms with E-state index in [1.165, 1.54) is 14.2 Å². The quantitative estimate of drug-likeness (QED) is 0.124. The number of ether oxygens (including phenoxy) is 3. The van der Waals surface area contributed by atoms with Gasteiger partial charge < -0.3 is 44.2 Å². The topological polar surface area (TPSA) is 172 Å². The summed E-state index contributed by atoms with van der Waals surface area (Å²) < 4.78 is 18.3. The van der Waals surface area contributed by atoms with Gasteiger partial charge in [0.15, 0.2) is 6.73 Å². The zero-order valence-electron chi connectivity index (χ0n) is 36.0. The molecule has 4 atom stereocenters. The molecular formula is C50H48N8O7. The predicted molar refractivity (Wildman–Crippen MR) is 243 cm³/mol. The van der Waals surface area contributed by atoms with Crippen molar-refractivity contribution in [3.63, 3.8) is 0 Å². The number of aliphatic imine (C=N–C) groups is 1. The van der Waals surface area contributed by atoms with E-state index in [9.17, 15) is 19.2 Å². The molecule has 4 aliphatic heterocycles. The van der Waals surface area contributed by atoms with Crippen LogP contribution in [0.3, 0.4) is 0 Å². The van der Waals surface area contributed by atoms with Crippen LogP contribution in [0.4, 0.5) is 9.59 Å². The lowest BCUT2D eigenvalue weighted by molar-refractivity contribution is -0.135. The number of aromatic nitrogens is 3. The standard InChI is InChI=1S/C50H48N8O7/c1-63-49(61)54-44(30-11-5-3-6-12-30)47(59)56-21-9-15-40(56)37-24-35(27-51-37)32-17-19-36-42-25-34-23-33(18-20-39(34)58(42)29-65-43(36)26-32)38-28-52-46(53-38)41-16-10-22-57(41)48(60)45(55-50(62)64-2)31-13-7-4-8-14-31/h3-8,11-14,17-20,23,25-28,40-41,44-45H,9-10,15-16,21-22,24,29H2,1-2H3,(H,52,53)(H,54,61)(H,55,62)/t40-,41-,44+,45+/m0/s1. The van der Waals surface area contributed by atoms with Crippen molar-refractivity contribution in [1.82, 2.24) is 35.0 Å². The molecule has 15 heteroatoms. The van der Waals surface area contributed by atoms with E-state index in [2.05, 4.69) is 62.6 Å². The van der Waals surface area contributed by atoms with Gasteiger partial charge in [0.2, 0.25) is 5.91 Å². The Kier molecular flexibility index (Phi) is 11.1. The van der Waals surface area contributed by atoms with Crippen molar-refractivity contribution < 1.29 is 33.4 Å². The van der Waals surface area contributed by atoms with Crippen LogP contribution in [0.1, 0.15) is 72.7 Å². The molecule has 0 unspecified atom stereocenters. The number of benzene rings is 4. The number of rotatable bonds is 10. The maximum absolute atomic E-state index is 14.0. The fraction of sp³-hybridized carbons (Fsp3) is 0.280. The molecule has 2 fully saturated rings. The van der Waals surface area contributed by atoms with Gasteiger partial charge >= 0.3 is 12.2 Å². The first-order valence-corrected chi connectivity index (χ1v) is 21.9. The number of hydrogen-bond acceptors (Lipinski definition) is 9. The number of carbonyl (C=O) groups is 4. The highest BCUT2D eigenvalue weighted by Crippen LogP contribution is 2.42. The van der Waals surface area contributed by atoms with E-state index in [4.69, 9.17) is 24.2 Å².